The number of aliphatic hydroxyl groups is 1. The second-order valence-corrected chi connectivity index (χ2v) is 7.57. The van der Waals surface area contributed by atoms with Crippen LogP contribution in [-0.4, -0.2) is 22.0 Å². The van der Waals surface area contributed by atoms with E-state index in [0.29, 0.717) is 27.0 Å². The van der Waals surface area contributed by atoms with Gasteiger partial charge in [-0.05, 0) is 23.6 Å². The normalized spacial score (nSPS) is 20.0. The predicted octanol–water partition coefficient (Wildman–Crippen LogP) is 3.92. The third-order valence-electron chi connectivity index (χ3n) is 4.13. The molecule has 3 aromatic rings. The van der Waals surface area contributed by atoms with Crippen molar-refractivity contribution in [1.82, 2.24) is 10.3 Å². The zero-order valence-electron chi connectivity index (χ0n) is 11.8. The molecule has 1 aromatic carbocycles. The molecule has 0 aliphatic heterocycles. The Morgan fingerprint density at radius 2 is 2.13 bits per heavy atom. The summed E-state index contributed by atoms with van der Waals surface area (Å²) in [6.45, 7) is 0. The molecule has 23 heavy (non-hydrogen) atoms. The average Bonchev–Trinajstić information content (AvgIpc) is 3.16. The molecule has 2 heterocycles. The zero-order chi connectivity index (χ0) is 16.1. The van der Waals surface area contributed by atoms with Crippen molar-refractivity contribution in [3.05, 3.63) is 56.5 Å². The van der Waals surface area contributed by atoms with Crippen LogP contribution in [0.5, 0.6) is 0 Å². The first-order valence-electron chi connectivity index (χ1n) is 7.08. The molecule has 1 aliphatic rings. The molecule has 0 saturated carbocycles. The molecule has 1 amide bonds. The highest BCUT2D eigenvalue weighted by Crippen LogP contribution is 2.39. The van der Waals surface area contributed by atoms with Crippen LogP contribution in [0.25, 0.3) is 10.2 Å². The Hall–Kier alpha value is -1.53. The first-order chi connectivity index (χ1) is 11.0. The third-order valence-corrected chi connectivity index (χ3v) is 6.06. The summed E-state index contributed by atoms with van der Waals surface area (Å²) in [5.41, 5.74) is 3.02. The summed E-state index contributed by atoms with van der Waals surface area (Å²) in [6, 6.07) is 9.06. The van der Waals surface area contributed by atoms with Gasteiger partial charge in [-0.3, -0.25) is 4.79 Å². The number of aromatic nitrogens is 1. The summed E-state index contributed by atoms with van der Waals surface area (Å²) in [6.07, 6.45) is -0.0747. The van der Waals surface area contributed by atoms with E-state index in [1.807, 2.05) is 24.3 Å². The standard InChI is InChI=1S/C16H12Cl2N2O2S/c17-12-13-11(23-15(12)18)6-10(19-13)16(22)20-9-5-7-3-1-2-4-8(7)14(9)21/h1-4,6,9,14,19,21H,5H2,(H,20,22)/t9-,14+/m0/s1. The van der Waals surface area contributed by atoms with Gasteiger partial charge in [0.25, 0.3) is 5.91 Å². The Balaban J connectivity index is 1.56. The van der Waals surface area contributed by atoms with Gasteiger partial charge in [0, 0.05) is 0 Å². The number of carbonyl (C=O) groups excluding carboxylic acids is 1. The number of H-pyrrole nitrogens is 1. The molecular weight excluding hydrogens is 355 g/mol. The molecule has 3 N–H and O–H groups in total. The largest absolute Gasteiger partial charge is 0.386 e. The smallest absolute Gasteiger partial charge is 0.268 e. The number of amides is 1. The van der Waals surface area contributed by atoms with Crippen molar-refractivity contribution in [1.29, 1.82) is 0 Å². The summed E-state index contributed by atoms with van der Waals surface area (Å²) in [7, 11) is 0. The number of halogens is 2. The molecule has 0 unspecified atom stereocenters. The molecule has 0 saturated heterocycles. The third kappa shape index (κ3) is 2.44. The minimum Gasteiger partial charge on any atom is -0.386 e. The van der Waals surface area contributed by atoms with Gasteiger partial charge >= 0.3 is 0 Å². The van der Waals surface area contributed by atoms with Gasteiger partial charge in [-0.2, -0.15) is 0 Å². The number of thiophene rings is 1. The lowest BCUT2D eigenvalue weighted by atomic mass is 10.1. The molecule has 118 valence electrons. The molecule has 0 spiro atoms. The van der Waals surface area contributed by atoms with Crippen LogP contribution in [0.1, 0.15) is 27.7 Å². The molecule has 1 aliphatic carbocycles. The van der Waals surface area contributed by atoms with Gasteiger partial charge < -0.3 is 15.4 Å². The van der Waals surface area contributed by atoms with E-state index in [-0.39, 0.29) is 11.9 Å². The Morgan fingerprint density at radius 1 is 1.35 bits per heavy atom. The van der Waals surface area contributed by atoms with Crippen LogP contribution in [0.2, 0.25) is 9.36 Å². The highest BCUT2D eigenvalue weighted by Gasteiger charge is 2.32. The summed E-state index contributed by atoms with van der Waals surface area (Å²) >= 11 is 13.4. The average molecular weight is 367 g/mol. The predicted molar refractivity (Wildman–Crippen MR) is 92.6 cm³/mol. The lowest BCUT2D eigenvalue weighted by molar-refractivity contribution is 0.0854. The van der Waals surface area contributed by atoms with Crippen LogP contribution in [0.15, 0.2) is 30.3 Å². The Bertz CT molecular complexity index is 918. The Labute approximate surface area is 146 Å². The molecule has 0 bridgehead atoms. The van der Waals surface area contributed by atoms with Gasteiger partial charge in [0.05, 0.1) is 27.4 Å². The van der Waals surface area contributed by atoms with E-state index in [9.17, 15) is 9.90 Å². The van der Waals surface area contributed by atoms with Gasteiger partial charge in [0.2, 0.25) is 0 Å². The topological polar surface area (TPSA) is 65.1 Å². The molecule has 0 fully saturated rings. The van der Waals surface area contributed by atoms with E-state index in [4.69, 9.17) is 23.2 Å². The fraction of sp³-hybridized carbons (Fsp3) is 0.188. The summed E-state index contributed by atoms with van der Waals surface area (Å²) < 4.78 is 1.34. The van der Waals surface area contributed by atoms with Gasteiger partial charge in [-0.25, -0.2) is 0 Å². The van der Waals surface area contributed by atoms with E-state index < -0.39 is 6.10 Å². The SMILES string of the molecule is O=C(N[C@H]1Cc2ccccc2[C@H]1O)c1cc2sc(Cl)c(Cl)c2[nH]1. The minimum atomic E-state index is -0.690. The van der Waals surface area contributed by atoms with E-state index in [1.54, 1.807) is 6.07 Å². The van der Waals surface area contributed by atoms with Crippen LogP contribution < -0.4 is 5.32 Å². The quantitative estimate of drug-likeness (QED) is 0.643. The number of carbonyl (C=O) groups is 1. The van der Waals surface area contributed by atoms with E-state index in [0.717, 1.165) is 15.8 Å². The monoisotopic (exact) mass is 366 g/mol. The van der Waals surface area contributed by atoms with Crippen molar-refractivity contribution >= 4 is 50.7 Å². The minimum absolute atomic E-state index is 0.266. The second kappa shape index (κ2) is 5.53. The zero-order valence-corrected chi connectivity index (χ0v) is 14.1. The number of rotatable bonds is 2. The van der Waals surface area contributed by atoms with Crippen molar-refractivity contribution in [2.75, 3.05) is 0 Å². The van der Waals surface area contributed by atoms with Crippen molar-refractivity contribution in [2.45, 2.75) is 18.6 Å². The number of nitrogens with one attached hydrogen (secondary N) is 2. The number of fused-ring (bicyclic) bond motifs is 2. The second-order valence-electron chi connectivity index (χ2n) is 5.54. The molecular formula is C16H12Cl2N2O2S. The highest BCUT2D eigenvalue weighted by atomic mass is 35.5. The maximum atomic E-state index is 12.4. The van der Waals surface area contributed by atoms with Gasteiger partial charge in [0.1, 0.15) is 10.0 Å². The number of aliphatic hydroxyl groups excluding tert-OH is 1. The number of benzene rings is 1. The van der Waals surface area contributed by atoms with Crippen molar-refractivity contribution in [3.8, 4) is 0 Å². The van der Waals surface area contributed by atoms with Crippen molar-refractivity contribution in [2.24, 2.45) is 0 Å². The van der Waals surface area contributed by atoms with E-state index in [2.05, 4.69) is 10.3 Å². The molecule has 7 heteroatoms. The molecule has 2 atom stereocenters. The van der Waals surface area contributed by atoms with Gasteiger partial charge in [-0.1, -0.05) is 47.5 Å². The van der Waals surface area contributed by atoms with Crippen LogP contribution in [-0.2, 0) is 6.42 Å². The number of hydrogen-bond acceptors (Lipinski definition) is 3. The van der Waals surface area contributed by atoms with E-state index in [1.165, 1.54) is 11.3 Å². The maximum Gasteiger partial charge on any atom is 0.268 e. The Morgan fingerprint density at radius 3 is 2.87 bits per heavy atom. The van der Waals surface area contributed by atoms with Crippen molar-refractivity contribution in [3.63, 3.8) is 0 Å². The first kappa shape index (κ1) is 15.0. The maximum absolute atomic E-state index is 12.4. The fourth-order valence-corrected chi connectivity index (χ4v) is 4.47. The molecule has 2 aromatic heterocycles. The molecule has 4 nitrogen and oxygen atoms in total. The number of hydrogen-bond donors (Lipinski definition) is 3. The summed E-state index contributed by atoms with van der Waals surface area (Å²) in [5, 5.41) is 13.7. The summed E-state index contributed by atoms with van der Waals surface area (Å²) in [5.74, 6) is -0.266. The first-order valence-corrected chi connectivity index (χ1v) is 8.65. The van der Waals surface area contributed by atoms with Crippen LogP contribution in [0.4, 0.5) is 0 Å². The molecule has 4 rings (SSSR count). The Kier molecular flexibility index (Phi) is 3.61. The van der Waals surface area contributed by atoms with Crippen molar-refractivity contribution < 1.29 is 9.90 Å². The summed E-state index contributed by atoms with van der Waals surface area (Å²) in [4.78, 5) is 15.4. The lowest BCUT2D eigenvalue weighted by Crippen LogP contribution is -2.37. The number of aromatic amines is 1. The highest BCUT2D eigenvalue weighted by molar-refractivity contribution is 7.23. The lowest BCUT2D eigenvalue weighted by Gasteiger charge is -2.16. The fourth-order valence-electron chi connectivity index (χ4n) is 2.99. The van der Waals surface area contributed by atoms with E-state index >= 15 is 0 Å². The van der Waals surface area contributed by atoms with Crippen LogP contribution in [0, 0.1) is 0 Å². The van der Waals surface area contributed by atoms with Crippen LogP contribution >= 0.6 is 34.5 Å². The molecule has 0 radical (unpaired) electrons. The van der Waals surface area contributed by atoms with Crippen LogP contribution in [0.3, 0.4) is 0 Å². The van der Waals surface area contributed by atoms with Gasteiger partial charge in [-0.15, -0.1) is 11.3 Å². The van der Waals surface area contributed by atoms with Gasteiger partial charge in [0.15, 0.2) is 0 Å².